The van der Waals surface area contributed by atoms with Crippen LogP contribution in [0.15, 0.2) is 45.6 Å². The molecule has 2 heterocycles. The normalized spacial score (nSPS) is 19.2. The Hall–Kier alpha value is -3.04. The lowest BCUT2D eigenvalue weighted by atomic mass is 9.89. The Balaban J connectivity index is 1.97. The van der Waals surface area contributed by atoms with Crippen LogP contribution in [0.2, 0.25) is 0 Å². The number of ether oxygens (including phenoxy) is 2. The molecular weight excluding hydrogens is 439 g/mol. The monoisotopic (exact) mass is 463 g/mol. The second kappa shape index (κ2) is 8.72. The molecule has 3 aromatic rings. The molecule has 1 aromatic heterocycles. The Kier molecular flexibility index (Phi) is 6.11. The number of hydrogen-bond donors (Lipinski definition) is 1. The lowest BCUT2D eigenvalue weighted by Crippen LogP contribution is -2.32. The van der Waals surface area contributed by atoms with E-state index in [1.165, 1.54) is 32.4 Å². The number of methoxy groups -OCH3 is 2. The van der Waals surface area contributed by atoms with Gasteiger partial charge in [-0.15, -0.1) is 0 Å². The van der Waals surface area contributed by atoms with E-state index in [4.69, 9.17) is 13.9 Å². The topological polar surface area (TPSA) is 72.1 Å². The molecule has 0 spiro atoms. The van der Waals surface area contributed by atoms with Gasteiger partial charge < -0.3 is 23.9 Å². The Labute approximate surface area is 188 Å². The number of hydrogen-bond acceptors (Lipinski definition) is 6. The van der Waals surface area contributed by atoms with Gasteiger partial charge in [0.25, 0.3) is 0 Å². The fourth-order valence-corrected chi connectivity index (χ4v) is 4.56. The number of alkyl halides is 3. The zero-order valence-electron chi connectivity index (χ0n) is 18.4. The highest BCUT2D eigenvalue weighted by atomic mass is 19.4. The summed E-state index contributed by atoms with van der Waals surface area (Å²) in [6.45, 7) is 0.635. The van der Waals surface area contributed by atoms with Crippen molar-refractivity contribution in [2.24, 2.45) is 0 Å². The van der Waals surface area contributed by atoms with Crippen LogP contribution in [0.4, 0.5) is 13.2 Å². The van der Waals surface area contributed by atoms with Crippen molar-refractivity contribution in [3.63, 3.8) is 0 Å². The predicted octanol–water partition coefficient (Wildman–Crippen LogP) is 4.28. The molecule has 2 atom stereocenters. The van der Waals surface area contributed by atoms with E-state index in [2.05, 4.69) is 0 Å². The quantitative estimate of drug-likeness (QED) is 0.609. The summed E-state index contributed by atoms with van der Waals surface area (Å²) in [7, 11) is 4.83. The second-order valence-electron chi connectivity index (χ2n) is 8.07. The number of aliphatic hydroxyl groups excluding tert-OH is 1. The molecule has 176 valence electrons. The van der Waals surface area contributed by atoms with Crippen molar-refractivity contribution in [2.45, 2.75) is 24.6 Å². The Morgan fingerprint density at radius 1 is 1.12 bits per heavy atom. The van der Waals surface area contributed by atoms with E-state index in [1.54, 1.807) is 6.07 Å². The second-order valence-corrected chi connectivity index (χ2v) is 8.07. The van der Waals surface area contributed by atoms with E-state index < -0.39 is 11.7 Å². The molecule has 0 radical (unpaired) electrons. The molecule has 4 rings (SSSR count). The van der Waals surface area contributed by atoms with Gasteiger partial charge in [-0.1, -0.05) is 12.1 Å². The van der Waals surface area contributed by atoms with Crippen LogP contribution in [0.3, 0.4) is 0 Å². The van der Waals surface area contributed by atoms with Crippen LogP contribution in [0.25, 0.3) is 22.3 Å². The first-order valence-electron chi connectivity index (χ1n) is 10.4. The summed E-state index contributed by atoms with van der Waals surface area (Å²) in [5.41, 5.74) is 0.0175. The van der Waals surface area contributed by atoms with E-state index in [1.807, 2.05) is 11.9 Å². The Morgan fingerprint density at radius 2 is 1.79 bits per heavy atom. The van der Waals surface area contributed by atoms with Gasteiger partial charge in [0.05, 0.1) is 26.4 Å². The maximum Gasteiger partial charge on any atom is 0.416 e. The van der Waals surface area contributed by atoms with Crippen LogP contribution in [0.5, 0.6) is 11.5 Å². The first-order chi connectivity index (χ1) is 15.7. The molecule has 0 bridgehead atoms. The smallest absolute Gasteiger partial charge is 0.416 e. The summed E-state index contributed by atoms with van der Waals surface area (Å²) < 4.78 is 56.1. The van der Waals surface area contributed by atoms with E-state index in [9.17, 15) is 23.1 Å². The van der Waals surface area contributed by atoms with Crippen molar-refractivity contribution in [2.75, 3.05) is 34.4 Å². The molecule has 1 fully saturated rings. The van der Waals surface area contributed by atoms with Gasteiger partial charge in [0.2, 0.25) is 0 Å². The maximum absolute atomic E-state index is 13.1. The lowest BCUT2D eigenvalue weighted by molar-refractivity contribution is -0.137. The maximum atomic E-state index is 13.1. The largest absolute Gasteiger partial charge is 0.496 e. The molecule has 6 nitrogen and oxygen atoms in total. The Bertz CT molecular complexity index is 1220. The minimum atomic E-state index is -4.47. The van der Waals surface area contributed by atoms with Crippen LogP contribution in [-0.2, 0) is 6.18 Å². The number of rotatable bonds is 5. The third kappa shape index (κ3) is 4.06. The summed E-state index contributed by atoms with van der Waals surface area (Å²) >= 11 is 0. The molecule has 0 saturated carbocycles. The molecule has 33 heavy (non-hydrogen) atoms. The summed E-state index contributed by atoms with van der Waals surface area (Å²) in [6.07, 6.45) is -3.77. The number of benzene rings is 2. The molecular formula is C24H24F3NO5. The van der Waals surface area contributed by atoms with Crippen molar-refractivity contribution in [1.29, 1.82) is 0 Å². The summed E-state index contributed by atoms with van der Waals surface area (Å²) in [5.74, 6) is 0.662. The number of likely N-dealkylation sites (tertiary alicyclic amines) is 1. The van der Waals surface area contributed by atoms with E-state index in [0.717, 1.165) is 18.7 Å². The summed E-state index contributed by atoms with van der Waals surface area (Å²) in [5, 5.41) is 10.2. The van der Waals surface area contributed by atoms with Crippen LogP contribution in [-0.4, -0.2) is 50.5 Å². The first-order valence-corrected chi connectivity index (χ1v) is 10.4. The Morgan fingerprint density at radius 3 is 2.36 bits per heavy atom. The predicted molar refractivity (Wildman–Crippen MR) is 117 cm³/mol. The fraction of sp³-hybridized carbons (Fsp3) is 0.375. The molecule has 0 aliphatic carbocycles. The standard InChI is InChI=1S/C24H24F3NO5/c1-28-9-8-15(16(28)12-29)21-19(31-2)11-20(32-3)22-17(30)10-18(33-23(21)22)13-4-6-14(7-5-13)24(25,26)27/h4-7,10-11,15-16,29H,8-9,12H2,1-3H3/t15-,16+/m0/s1. The van der Waals surface area contributed by atoms with Crippen molar-refractivity contribution < 1.29 is 32.2 Å². The summed E-state index contributed by atoms with van der Waals surface area (Å²) in [4.78, 5) is 15.2. The van der Waals surface area contributed by atoms with Crippen LogP contribution in [0, 0.1) is 0 Å². The molecule has 1 N–H and O–H groups in total. The third-order valence-corrected chi connectivity index (χ3v) is 6.28. The SMILES string of the molecule is COc1cc(OC)c2c(=O)cc(-c3ccc(C(F)(F)F)cc3)oc2c1[C@H]1CCN(C)[C@@H]1CO. The van der Waals surface area contributed by atoms with Crippen LogP contribution >= 0.6 is 0 Å². The van der Waals surface area contributed by atoms with Crippen LogP contribution in [0.1, 0.15) is 23.5 Å². The van der Waals surface area contributed by atoms with Crippen molar-refractivity contribution in [3.8, 4) is 22.8 Å². The van der Waals surface area contributed by atoms with E-state index in [-0.39, 0.29) is 46.5 Å². The molecule has 2 aromatic carbocycles. The average Bonchev–Trinajstić information content (AvgIpc) is 3.16. The zero-order valence-corrected chi connectivity index (χ0v) is 18.4. The molecule has 9 heteroatoms. The summed E-state index contributed by atoms with van der Waals surface area (Å²) in [6, 6.07) is 7.08. The van der Waals surface area contributed by atoms with E-state index in [0.29, 0.717) is 23.3 Å². The minimum Gasteiger partial charge on any atom is -0.496 e. The third-order valence-electron chi connectivity index (χ3n) is 6.28. The highest BCUT2D eigenvalue weighted by Crippen LogP contribution is 2.45. The number of nitrogens with zero attached hydrogens (tertiary/aromatic N) is 1. The van der Waals surface area contributed by atoms with Gasteiger partial charge in [-0.25, -0.2) is 0 Å². The number of halogens is 3. The fourth-order valence-electron chi connectivity index (χ4n) is 4.56. The van der Waals surface area contributed by atoms with Gasteiger partial charge in [-0.05, 0) is 32.1 Å². The van der Waals surface area contributed by atoms with Crippen LogP contribution < -0.4 is 14.9 Å². The first kappa shape index (κ1) is 23.1. The highest BCUT2D eigenvalue weighted by Gasteiger charge is 2.37. The van der Waals surface area contributed by atoms with Crippen molar-refractivity contribution in [3.05, 3.63) is 57.7 Å². The number of aliphatic hydroxyl groups is 1. The van der Waals surface area contributed by atoms with Crippen molar-refractivity contribution >= 4 is 11.0 Å². The number of likely N-dealkylation sites (N-methyl/N-ethyl adjacent to an activating group) is 1. The average molecular weight is 463 g/mol. The molecule has 0 amide bonds. The highest BCUT2D eigenvalue weighted by molar-refractivity contribution is 5.90. The van der Waals surface area contributed by atoms with Gasteiger partial charge >= 0.3 is 6.18 Å². The molecule has 1 aliphatic rings. The van der Waals surface area contributed by atoms with Gasteiger partial charge in [0.1, 0.15) is 28.2 Å². The molecule has 1 saturated heterocycles. The molecule has 1 aliphatic heterocycles. The number of fused-ring (bicyclic) bond motifs is 1. The van der Waals surface area contributed by atoms with Gasteiger partial charge in [0.15, 0.2) is 5.43 Å². The lowest BCUT2D eigenvalue weighted by Gasteiger charge is -2.25. The van der Waals surface area contributed by atoms with E-state index >= 15 is 0 Å². The van der Waals surface area contributed by atoms with Crippen molar-refractivity contribution in [1.82, 2.24) is 4.90 Å². The van der Waals surface area contributed by atoms with Gasteiger partial charge in [-0.3, -0.25) is 4.79 Å². The van der Waals surface area contributed by atoms with Gasteiger partial charge in [-0.2, -0.15) is 13.2 Å². The van der Waals surface area contributed by atoms with Gasteiger partial charge in [0, 0.05) is 35.2 Å². The minimum absolute atomic E-state index is 0.0966. The zero-order chi connectivity index (χ0) is 23.9. The molecule has 0 unspecified atom stereocenters.